The molecule has 0 spiro atoms. The van der Waals surface area contributed by atoms with E-state index in [0.29, 0.717) is 13.0 Å². The maximum atomic E-state index is 12.3. The van der Waals surface area contributed by atoms with Crippen LogP contribution in [0.1, 0.15) is 44.1 Å². The van der Waals surface area contributed by atoms with Gasteiger partial charge in [-0.3, -0.25) is 0 Å². The largest absolute Gasteiger partial charge is 0.493 e. The van der Waals surface area contributed by atoms with Crippen LogP contribution in [0.15, 0.2) is 24.3 Å². The van der Waals surface area contributed by atoms with Crippen LogP contribution in [0, 0.1) is 0 Å². The van der Waals surface area contributed by atoms with E-state index >= 15 is 0 Å². The first kappa shape index (κ1) is 16.1. The van der Waals surface area contributed by atoms with Crippen molar-refractivity contribution in [2.24, 2.45) is 0 Å². The van der Waals surface area contributed by atoms with Gasteiger partial charge in [-0.15, -0.1) is 0 Å². The fourth-order valence-electron chi connectivity index (χ4n) is 3.02. The van der Waals surface area contributed by atoms with E-state index < -0.39 is 12.6 Å². The third-order valence-electron chi connectivity index (χ3n) is 3.93. The van der Waals surface area contributed by atoms with E-state index in [-0.39, 0.29) is 18.4 Å². The molecule has 1 heterocycles. The van der Waals surface area contributed by atoms with Crippen LogP contribution in [0.4, 0.5) is 13.2 Å². The molecule has 0 saturated carbocycles. The van der Waals surface area contributed by atoms with Gasteiger partial charge in [-0.05, 0) is 37.4 Å². The standard InChI is InChI=1S/C16H22F3NO/c1-2-20-14(7-5-10-16(17,18)19)12-9-11-21-15-8-4-3-6-13(12)15/h3-4,6,8,12,14,20H,2,5,7,9-11H2,1H3. The first-order valence-electron chi connectivity index (χ1n) is 7.53. The van der Waals surface area contributed by atoms with Crippen LogP contribution >= 0.6 is 0 Å². The van der Waals surface area contributed by atoms with E-state index in [0.717, 1.165) is 24.3 Å². The molecule has 1 aliphatic rings. The Morgan fingerprint density at radius 2 is 2.10 bits per heavy atom. The second kappa shape index (κ2) is 7.16. The highest BCUT2D eigenvalue weighted by Gasteiger charge is 2.30. The van der Waals surface area contributed by atoms with Gasteiger partial charge in [0.05, 0.1) is 6.61 Å². The average molecular weight is 301 g/mol. The molecular formula is C16H22F3NO. The Kier molecular flexibility index (Phi) is 5.51. The van der Waals surface area contributed by atoms with Crippen molar-refractivity contribution in [3.05, 3.63) is 29.8 Å². The van der Waals surface area contributed by atoms with Crippen molar-refractivity contribution in [3.63, 3.8) is 0 Å². The number of nitrogens with one attached hydrogen (secondary N) is 1. The number of rotatable bonds is 6. The molecule has 2 atom stereocenters. The van der Waals surface area contributed by atoms with E-state index in [1.165, 1.54) is 0 Å². The number of alkyl halides is 3. The fourth-order valence-corrected chi connectivity index (χ4v) is 3.02. The maximum absolute atomic E-state index is 12.3. The first-order valence-corrected chi connectivity index (χ1v) is 7.53. The van der Waals surface area contributed by atoms with Gasteiger partial charge in [0.25, 0.3) is 0 Å². The lowest BCUT2D eigenvalue weighted by molar-refractivity contribution is -0.135. The maximum Gasteiger partial charge on any atom is 0.389 e. The lowest BCUT2D eigenvalue weighted by Crippen LogP contribution is -2.37. The van der Waals surface area contributed by atoms with Crippen molar-refractivity contribution in [1.29, 1.82) is 0 Å². The molecule has 0 radical (unpaired) electrons. The fraction of sp³-hybridized carbons (Fsp3) is 0.625. The Morgan fingerprint density at radius 3 is 2.81 bits per heavy atom. The molecule has 0 aromatic heterocycles. The number of hydrogen-bond donors (Lipinski definition) is 1. The molecular weight excluding hydrogens is 279 g/mol. The molecule has 1 aromatic rings. The molecule has 1 aliphatic heterocycles. The van der Waals surface area contributed by atoms with Gasteiger partial charge in [-0.1, -0.05) is 25.1 Å². The minimum Gasteiger partial charge on any atom is -0.493 e. The topological polar surface area (TPSA) is 21.3 Å². The van der Waals surface area contributed by atoms with Gasteiger partial charge >= 0.3 is 6.18 Å². The second-order valence-electron chi connectivity index (χ2n) is 5.45. The summed E-state index contributed by atoms with van der Waals surface area (Å²) in [5.41, 5.74) is 1.11. The van der Waals surface area contributed by atoms with Crippen LogP contribution in [0.2, 0.25) is 0 Å². The molecule has 2 nitrogen and oxygen atoms in total. The van der Waals surface area contributed by atoms with E-state index in [1.807, 2.05) is 31.2 Å². The summed E-state index contributed by atoms with van der Waals surface area (Å²) in [4.78, 5) is 0. The van der Waals surface area contributed by atoms with E-state index in [2.05, 4.69) is 5.32 Å². The number of likely N-dealkylation sites (N-methyl/N-ethyl adjacent to an activating group) is 1. The monoisotopic (exact) mass is 301 g/mol. The summed E-state index contributed by atoms with van der Waals surface area (Å²) in [6.45, 7) is 3.38. The quantitative estimate of drug-likeness (QED) is 0.847. The Labute approximate surface area is 123 Å². The normalized spacial score (nSPS) is 19.7. The Bertz CT molecular complexity index is 447. The molecule has 118 valence electrons. The van der Waals surface area contributed by atoms with Crippen molar-refractivity contribution in [3.8, 4) is 5.75 Å². The number of hydrogen-bond acceptors (Lipinski definition) is 2. The molecule has 5 heteroatoms. The van der Waals surface area contributed by atoms with Crippen LogP contribution in [-0.2, 0) is 0 Å². The predicted octanol–water partition coefficient (Wildman–Crippen LogP) is 4.26. The summed E-state index contributed by atoms with van der Waals surface area (Å²) < 4.78 is 42.6. The Balaban J connectivity index is 2.05. The zero-order chi connectivity index (χ0) is 15.3. The molecule has 0 amide bonds. The zero-order valence-electron chi connectivity index (χ0n) is 12.2. The smallest absolute Gasteiger partial charge is 0.389 e. The highest BCUT2D eigenvalue weighted by Crippen LogP contribution is 2.37. The second-order valence-corrected chi connectivity index (χ2v) is 5.45. The molecule has 0 fully saturated rings. The predicted molar refractivity (Wildman–Crippen MR) is 76.7 cm³/mol. The molecule has 1 aromatic carbocycles. The summed E-state index contributed by atoms with van der Waals surface area (Å²) in [7, 11) is 0. The number of para-hydroxylation sites is 1. The number of halogens is 3. The van der Waals surface area contributed by atoms with Crippen molar-refractivity contribution in [2.75, 3.05) is 13.2 Å². The number of benzene rings is 1. The molecule has 1 N–H and O–H groups in total. The van der Waals surface area contributed by atoms with E-state index in [4.69, 9.17) is 4.74 Å². The summed E-state index contributed by atoms with van der Waals surface area (Å²) >= 11 is 0. The van der Waals surface area contributed by atoms with Gasteiger partial charge < -0.3 is 10.1 Å². The van der Waals surface area contributed by atoms with Gasteiger partial charge in [0.2, 0.25) is 0 Å². The Hall–Kier alpha value is -1.23. The van der Waals surface area contributed by atoms with Crippen LogP contribution in [0.25, 0.3) is 0 Å². The molecule has 0 saturated heterocycles. The van der Waals surface area contributed by atoms with Crippen LogP contribution in [0.5, 0.6) is 5.75 Å². The summed E-state index contributed by atoms with van der Waals surface area (Å²) in [5.74, 6) is 1.09. The van der Waals surface area contributed by atoms with Crippen LogP contribution in [0.3, 0.4) is 0 Å². The highest BCUT2D eigenvalue weighted by atomic mass is 19.4. The van der Waals surface area contributed by atoms with Gasteiger partial charge in [-0.25, -0.2) is 0 Å². The number of ether oxygens (including phenoxy) is 1. The van der Waals surface area contributed by atoms with Gasteiger partial charge in [0, 0.05) is 18.4 Å². The van der Waals surface area contributed by atoms with E-state index in [9.17, 15) is 13.2 Å². The van der Waals surface area contributed by atoms with Crippen molar-refractivity contribution in [1.82, 2.24) is 5.32 Å². The Morgan fingerprint density at radius 1 is 1.33 bits per heavy atom. The zero-order valence-corrected chi connectivity index (χ0v) is 12.2. The average Bonchev–Trinajstić information content (AvgIpc) is 2.44. The van der Waals surface area contributed by atoms with Gasteiger partial charge in [0.15, 0.2) is 0 Å². The molecule has 0 aliphatic carbocycles. The van der Waals surface area contributed by atoms with Crippen molar-refractivity contribution < 1.29 is 17.9 Å². The van der Waals surface area contributed by atoms with Gasteiger partial charge in [-0.2, -0.15) is 13.2 Å². The van der Waals surface area contributed by atoms with E-state index in [1.54, 1.807) is 0 Å². The third-order valence-corrected chi connectivity index (χ3v) is 3.93. The molecule has 2 rings (SSSR count). The van der Waals surface area contributed by atoms with Crippen LogP contribution < -0.4 is 10.1 Å². The van der Waals surface area contributed by atoms with Crippen LogP contribution in [-0.4, -0.2) is 25.4 Å². The SMILES string of the molecule is CCNC(CCCC(F)(F)F)C1CCOc2ccccc21. The van der Waals surface area contributed by atoms with Crippen molar-refractivity contribution >= 4 is 0 Å². The molecule has 0 bridgehead atoms. The minimum absolute atomic E-state index is 0.0717. The highest BCUT2D eigenvalue weighted by molar-refractivity contribution is 5.38. The summed E-state index contributed by atoms with van der Waals surface area (Å²) in [6, 6.07) is 7.90. The lowest BCUT2D eigenvalue weighted by Gasteiger charge is -2.33. The minimum atomic E-state index is -4.07. The first-order chi connectivity index (χ1) is 10.0. The summed E-state index contributed by atoms with van der Waals surface area (Å²) in [5, 5.41) is 3.36. The lowest BCUT2D eigenvalue weighted by atomic mass is 9.84. The molecule has 2 unspecified atom stereocenters. The summed E-state index contributed by atoms with van der Waals surface area (Å²) in [6.07, 6.45) is -3.22. The van der Waals surface area contributed by atoms with Gasteiger partial charge in [0.1, 0.15) is 5.75 Å². The molecule has 21 heavy (non-hydrogen) atoms. The third kappa shape index (κ3) is 4.63. The van der Waals surface area contributed by atoms with Crippen molar-refractivity contribution in [2.45, 2.75) is 50.7 Å². The number of fused-ring (bicyclic) bond motifs is 1.